The maximum Gasteiger partial charge on any atom is 0.262 e. The smallest absolute Gasteiger partial charge is 0.262 e. The van der Waals surface area contributed by atoms with Crippen LogP contribution in [0, 0.1) is 17.4 Å². The minimum absolute atomic E-state index is 0.106. The van der Waals surface area contributed by atoms with E-state index in [1.54, 1.807) is 0 Å². The average molecular weight is 842 g/mol. The third-order valence-electron chi connectivity index (χ3n) is 15.5. The SMILES string of the molecule is [C-]#[N+]c1ccc(N2CC3(CCN(c4ccc(C(=O)N5CCC(N6CCC7(CC6)Cc6cc8c(cc6C7)C(=O)N(C6CCC(=O)NC6=O)C8=O)CC5)cc4)CC3)C[C@@H]2C)cc1Cl. The molecule has 6 aliphatic heterocycles. The Balaban J connectivity index is 0.689. The summed E-state index contributed by atoms with van der Waals surface area (Å²) >= 11 is 6.40. The molecule has 0 aromatic heterocycles. The van der Waals surface area contributed by atoms with Crippen LogP contribution in [0.4, 0.5) is 17.1 Å². The van der Waals surface area contributed by atoms with E-state index in [0.717, 1.165) is 131 Å². The quantitative estimate of drug-likeness (QED) is 0.224. The first-order valence-corrected chi connectivity index (χ1v) is 22.5. The van der Waals surface area contributed by atoms with Crippen LogP contribution < -0.4 is 15.1 Å². The van der Waals surface area contributed by atoms with E-state index in [2.05, 4.69) is 43.9 Å². The van der Waals surface area contributed by atoms with Crippen molar-refractivity contribution in [2.75, 3.05) is 55.6 Å². The van der Waals surface area contributed by atoms with Gasteiger partial charge in [-0.1, -0.05) is 17.7 Å². The lowest BCUT2D eigenvalue weighted by Gasteiger charge is -2.45. The van der Waals surface area contributed by atoms with Crippen LogP contribution in [0.15, 0.2) is 54.6 Å². The van der Waals surface area contributed by atoms with Gasteiger partial charge in [0.15, 0.2) is 0 Å². The largest absolute Gasteiger partial charge is 0.371 e. The monoisotopic (exact) mass is 841 g/mol. The molecule has 5 saturated heterocycles. The van der Waals surface area contributed by atoms with Gasteiger partial charge in [0, 0.05) is 73.2 Å². The lowest BCUT2D eigenvalue weighted by atomic mass is 9.75. The standard InChI is InChI=1S/C48H52ClN7O5/c1-30-26-48(29-55(30)36-7-8-40(50-2)39(49)25-36)15-21-52(22-16-48)34-5-3-31(4-6-34)44(59)54-17-11-35(12-18-54)53-19-13-47(14-20-53)27-32-23-37-38(24-33(32)28-47)46(61)56(45(37)60)41-9-10-42(57)51-43(41)58/h3-8,23-25,30,35,41H,9-22,26-29H2,1H3,(H,51,57,58)/t30-,41?/m0/s1. The van der Waals surface area contributed by atoms with E-state index < -0.39 is 23.8 Å². The van der Waals surface area contributed by atoms with Crippen molar-refractivity contribution in [1.29, 1.82) is 0 Å². The van der Waals surface area contributed by atoms with Crippen LogP contribution in [0.2, 0.25) is 5.02 Å². The van der Waals surface area contributed by atoms with Gasteiger partial charge >= 0.3 is 0 Å². The molecule has 0 bridgehead atoms. The molecule has 1 unspecified atom stereocenters. The molecule has 3 aromatic carbocycles. The van der Waals surface area contributed by atoms with E-state index >= 15 is 0 Å². The highest BCUT2D eigenvalue weighted by molar-refractivity contribution is 6.33. The molecule has 0 saturated carbocycles. The van der Waals surface area contributed by atoms with E-state index in [0.29, 0.717) is 33.9 Å². The Morgan fingerprint density at radius 1 is 0.787 bits per heavy atom. The highest BCUT2D eigenvalue weighted by Gasteiger charge is 2.48. The number of halogens is 1. The normalized spacial score (nSPS) is 25.0. The maximum atomic E-state index is 13.7. The third-order valence-corrected chi connectivity index (χ3v) is 15.8. The first kappa shape index (κ1) is 39.9. The number of nitrogens with one attached hydrogen (secondary N) is 1. The van der Waals surface area contributed by atoms with Crippen LogP contribution in [0.1, 0.15) is 107 Å². The van der Waals surface area contributed by atoms with E-state index in [1.165, 1.54) is 5.69 Å². The van der Waals surface area contributed by atoms with Crippen molar-refractivity contribution < 1.29 is 24.0 Å². The molecule has 0 radical (unpaired) electrons. The number of piperidine rings is 4. The Labute approximate surface area is 362 Å². The van der Waals surface area contributed by atoms with Crippen molar-refractivity contribution in [3.63, 3.8) is 0 Å². The first-order chi connectivity index (χ1) is 29.4. The summed E-state index contributed by atoms with van der Waals surface area (Å²) in [7, 11) is 0. The molecule has 7 aliphatic rings. The fourth-order valence-corrected chi connectivity index (χ4v) is 12.2. The summed E-state index contributed by atoms with van der Waals surface area (Å²) in [5, 5.41) is 2.79. The number of carbonyl (C=O) groups excluding carboxylic acids is 5. The molecule has 61 heavy (non-hydrogen) atoms. The van der Waals surface area contributed by atoms with Gasteiger partial charge in [0.1, 0.15) is 6.04 Å². The number of imide groups is 2. The maximum absolute atomic E-state index is 13.7. The molecule has 1 aliphatic carbocycles. The number of nitrogens with zero attached hydrogens (tertiary/aromatic N) is 6. The van der Waals surface area contributed by atoms with Crippen molar-refractivity contribution in [3.8, 4) is 0 Å². The molecule has 3 aromatic rings. The predicted octanol–water partition coefficient (Wildman–Crippen LogP) is 6.66. The topological polar surface area (TPSA) is 118 Å². The lowest BCUT2D eigenvalue weighted by Crippen LogP contribution is -2.54. The molecule has 2 spiro atoms. The van der Waals surface area contributed by atoms with Gasteiger partial charge in [-0.2, -0.15) is 0 Å². The minimum Gasteiger partial charge on any atom is -0.371 e. The lowest BCUT2D eigenvalue weighted by molar-refractivity contribution is -0.136. The van der Waals surface area contributed by atoms with Gasteiger partial charge in [0.05, 0.1) is 17.7 Å². The van der Waals surface area contributed by atoms with E-state index in [-0.39, 0.29) is 35.5 Å². The number of hydrogen-bond donors (Lipinski definition) is 1. The van der Waals surface area contributed by atoms with Crippen molar-refractivity contribution in [2.45, 2.75) is 95.7 Å². The number of likely N-dealkylation sites (tertiary alicyclic amines) is 2. The summed E-state index contributed by atoms with van der Waals surface area (Å²) in [4.78, 5) is 78.9. The first-order valence-electron chi connectivity index (χ1n) is 22.1. The number of hydrogen-bond acceptors (Lipinski definition) is 8. The van der Waals surface area contributed by atoms with Gasteiger partial charge in [-0.15, -0.1) is 0 Å². The fourth-order valence-electron chi connectivity index (χ4n) is 12.0. The van der Waals surface area contributed by atoms with Crippen LogP contribution in [0.5, 0.6) is 0 Å². The number of fused-ring (bicyclic) bond motifs is 2. The molecular formula is C48H52ClN7O5. The van der Waals surface area contributed by atoms with Crippen LogP contribution in [0.3, 0.4) is 0 Å². The molecule has 6 heterocycles. The van der Waals surface area contributed by atoms with Gasteiger partial charge in [0.2, 0.25) is 17.5 Å². The number of amides is 5. The van der Waals surface area contributed by atoms with Crippen molar-refractivity contribution in [2.24, 2.45) is 10.8 Å². The van der Waals surface area contributed by atoms with Crippen LogP contribution in [-0.2, 0) is 22.4 Å². The summed E-state index contributed by atoms with van der Waals surface area (Å²) < 4.78 is 0. The van der Waals surface area contributed by atoms with E-state index in [4.69, 9.17) is 18.2 Å². The van der Waals surface area contributed by atoms with Crippen molar-refractivity contribution >= 4 is 58.2 Å². The zero-order chi connectivity index (χ0) is 42.2. The summed E-state index contributed by atoms with van der Waals surface area (Å²) in [6, 6.07) is 17.7. The highest BCUT2D eigenvalue weighted by atomic mass is 35.5. The number of benzene rings is 3. The van der Waals surface area contributed by atoms with Crippen molar-refractivity contribution in [1.82, 2.24) is 20.0 Å². The van der Waals surface area contributed by atoms with Gasteiger partial charge in [-0.05, 0) is 155 Å². The number of carbonyl (C=O) groups is 5. The zero-order valence-electron chi connectivity index (χ0n) is 34.8. The van der Waals surface area contributed by atoms with Crippen molar-refractivity contribution in [3.05, 3.63) is 98.9 Å². The molecule has 5 amide bonds. The van der Waals surface area contributed by atoms with Crippen LogP contribution >= 0.6 is 11.6 Å². The number of anilines is 2. The molecule has 2 atom stereocenters. The third kappa shape index (κ3) is 7.07. The molecule has 12 nitrogen and oxygen atoms in total. The molecule has 13 heteroatoms. The van der Waals surface area contributed by atoms with Gasteiger partial charge in [-0.3, -0.25) is 34.2 Å². The van der Waals surface area contributed by atoms with Crippen LogP contribution in [0.25, 0.3) is 4.85 Å². The Bertz CT molecular complexity index is 2320. The van der Waals surface area contributed by atoms with Gasteiger partial charge in [0.25, 0.3) is 17.7 Å². The Morgan fingerprint density at radius 3 is 2.02 bits per heavy atom. The summed E-state index contributed by atoms with van der Waals surface area (Å²) in [5.41, 5.74) is 6.88. The molecule has 1 N–H and O–H groups in total. The van der Waals surface area contributed by atoms with Gasteiger partial charge in [-0.25, -0.2) is 4.85 Å². The fraction of sp³-hybridized carbons (Fsp3) is 0.500. The minimum atomic E-state index is -0.953. The Hall–Kier alpha value is -5.25. The second-order valence-electron chi connectivity index (χ2n) is 19.0. The Morgan fingerprint density at radius 2 is 1.41 bits per heavy atom. The summed E-state index contributed by atoms with van der Waals surface area (Å²) in [6.45, 7) is 16.1. The number of rotatable bonds is 5. The van der Waals surface area contributed by atoms with Gasteiger partial charge < -0.3 is 19.6 Å². The van der Waals surface area contributed by atoms with E-state index in [1.807, 2.05) is 47.4 Å². The van der Waals surface area contributed by atoms with Crippen LogP contribution in [-0.4, -0.2) is 108 Å². The zero-order valence-corrected chi connectivity index (χ0v) is 35.5. The summed E-state index contributed by atoms with van der Waals surface area (Å²) in [5.74, 6) is -1.74. The average Bonchev–Trinajstić information content (AvgIpc) is 3.87. The molecule has 5 fully saturated rings. The Kier molecular flexibility index (Phi) is 9.98. The highest BCUT2D eigenvalue weighted by Crippen LogP contribution is 2.48. The molecular weight excluding hydrogens is 790 g/mol. The van der Waals surface area contributed by atoms with E-state index in [9.17, 15) is 24.0 Å². The predicted molar refractivity (Wildman–Crippen MR) is 232 cm³/mol. The molecule has 316 valence electrons. The second-order valence-corrected chi connectivity index (χ2v) is 19.4. The summed E-state index contributed by atoms with van der Waals surface area (Å²) in [6.07, 6.45) is 9.41. The molecule has 10 rings (SSSR count). The second kappa shape index (κ2) is 15.3.